The number of ether oxygens (including phenoxy) is 1. The van der Waals surface area contributed by atoms with E-state index >= 15 is 0 Å². The molecule has 0 bridgehead atoms. The highest BCUT2D eigenvalue weighted by atomic mass is 16.5. The van der Waals surface area contributed by atoms with E-state index in [1.54, 1.807) is 7.11 Å². The van der Waals surface area contributed by atoms with E-state index in [9.17, 15) is 4.79 Å². The molecule has 1 saturated heterocycles. The molecular weight excluding hydrogens is 242 g/mol. The third kappa shape index (κ3) is 3.78. The van der Waals surface area contributed by atoms with E-state index in [2.05, 4.69) is 29.6 Å². The summed E-state index contributed by atoms with van der Waals surface area (Å²) in [6.45, 7) is 1.35. The molecule has 2 unspecified atom stereocenters. The molecule has 1 aromatic carbocycles. The largest absolute Gasteiger partial charge is 0.481 e. The van der Waals surface area contributed by atoms with Crippen LogP contribution in [0.2, 0.25) is 0 Å². The van der Waals surface area contributed by atoms with Crippen molar-refractivity contribution in [3.63, 3.8) is 0 Å². The van der Waals surface area contributed by atoms with E-state index < -0.39 is 5.97 Å². The monoisotopic (exact) mass is 263 g/mol. The fraction of sp³-hybridized carbons (Fsp3) is 0.533. The lowest BCUT2D eigenvalue weighted by Gasteiger charge is -2.11. The molecule has 0 radical (unpaired) electrons. The molecule has 4 heteroatoms. The maximum atomic E-state index is 10.9. The van der Waals surface area contributed by atoms with Crippen molar-refractivity contribution in [1.29, 1.82) is 0 Å². The Bertz CT molecular complexity index is 416. The highest BCUT2D eigenvalue weighted by molar-refractivity contribution is 5.70. The summed E-state index contributed by atoms with van der Waals surface area (Å²) in [4.78, 5) is 10.9. The summed E-state index contributed by atoms with van der Waals surface area (Å²) in [5, 5.41) is 12.3. The molecule has 1 fully saturated rings. The second-order valence-corrected chi connectivity index (χ2v) is 5.07. The van der Waals surface area contributed by atoms with E-state index in [0.717, 1.165) is 19.4 Å². The number of hydrogen-bond donors (Lipinski definition) is 2. The quantitative estimate of drug-likeness (QED) is 0.771. The standard InChI is InChI=1S/C15H21NO3/c1-19-8-2-3-11-4-6-12(7-5-11)14-9-13(10-16-14)15(17)18/h4-7,13-14,16H,2-3,8-10H2,1H3,(H,17,18). The first kappa shape index (κ1) is 14.0. The van der Waals surface area contributed by atoms with Gasteiger partial charge in [-0.15, -0.1) is 0 Å². The smallest absolute Gasteiger partial charge is 0.307 e. The molecule has 1 aliphatic rings. The zero-order chi connectivity index (χ0) is 13.7. The molecule has 104 valence electrons. The summed E-state index contributed by atoms with van der Waals surface area (Å²) in [6, 6.07) is 8.63. The van der Waals surface area contributed by atoms with Crippen LogP contribution >= 0.6 is 0 Å². The van der Waals surface area contributed by atoms with Crippen LogP contribution < -0.4 is 5.32 Å². The van der Waals surface area contributed by atoms with Crippen molar-refractivity contribution in [3.8, 4) is 0 Å². The van der Waals surface area contributed by atoms with Crippen LogP contribution in [-0.2, 0) is 16.0 Å². The van der Waals surface area contributed by atoms with E-state index in [4.69, 9.17) is 9.84 Å². The lowest BCUT2D eigenvalue weighted by atomic mass is 9.98. The highest BCUT2D eigenvalue weighted by Crippen LogP contribution is 2.27. The molecule has 0 amide bonds. The van der Waals surface area contributed by atoms with Gasteiger partial charge in [-0.05, 0) is 30.4 Å². The van der Waals surface area contributed by atoms with Crippen LogP contribution in [0, 0.1) is 5.92 Å². The van der Waals surface area contributed by atoms with Gasteiger partial charge in [0.05, 0.1) is 5.92 Å². The normalized spacial score (nSPS) is 22.6. The van der Waals surface area contributed by atoms with Gasteiger partial charge in [0.15, 0.2) is 0 Å². The number of hydrogen-bond acceptors (Lipinski definition) is 3. The molecular formula is C15H21NO3. The Kier molecular flexibility index (Phi) is 4.93. The minimum atomic E-state index is -0.703. The molecule has 0 aliphatic carbocycles. The van der Waals surface area contributed by atoms with Crippen molar-refractivity contribution < 1.29 is 14.6 Å². The van der Waals surface area contributed by atoms with Crippen molar-refractivity contribution >= 4 is 5.97 Å². The number of nitrogens with one attached hydrogen (secondary N) is 1. The van der Waals surface area contributed by atoms with E-state index in [1.165, 1.54) is 11.1 Å². The molecule has 1 heterocycles. The van der Waals surface area contributed by atoms with Crippen LogP contribution in [0.25, 0.3) is 0 Å². The predicted molar refractivity (Wildman–Crippen MR) is 73.1 cm³/mol. The third-order valence-corrected chi connectivity index (χ3v) is 3.68. The Balaban J connectivity index is 1.90. The number of methoxy groups -OCH3 is 1. The van der Waals surface area contributed by atoms with Gasteiger partial charge in [-0.2, -0.15) is 0 Å². The number of carbonyl (C=O) groups is 1. The van der Waals surface area contributed by atoms with Crippen LogP contribution in [0.1, 0.15) is 30.0 Å². The molecule has 0 aromatic heterocycles. The van der Waals surface area contributed by atoms with Crippen LogP contribution in [0.3, 0.4) is 0 Å². The SMILES string of the molecule is COCCCc1ccc(C2CC(C(=O)O)CN2)cc1. The summed E-state index contributed by atoms with van der Waals surface area (Å²) in [6.07, 6.45) is 2.72. The van der Waals surface area contributed by atoms with Gasteiger partial charge in [0.25, 0.3) is 0 Å². The van der Waals surface area contributed by atoms with E-state index in [0.29, 0.717) is 13.0 Å². The molecule has 2 N–H and O–H groups in total. The molecule has 1 aliphatic heterocycles. The van der Waals surface area contributed by atoms with Crippen LogP contribution in [0.4, 0.5) is 0 Å². The van der Waals surface area contributed by atoms with Crippen molar-refractivity contribution in [2.24, 2.45) is 5.92 Å². The molecule has 19 heavy (non-hydrogen) atoms. The van der Waals surface area contributed by atoms with E-state index in [1.807, 2.05) is 0 Å². The highest BCUT2D eigenvalue weighted by Gasteiger charge is 2.29. The fourth-order valence-corrected chi connectivity index (χ4v) is 2.52. The molecule has 2 rings (SSSR count). The second-order valence-electron chi connectivity index (χ2n) is 5.07. The predicted octanol–water partition coefficient (Wildman–Crippen LogP) is 2.00. The molecule has 1 aromatic rings. The molecule has 0 saturated carbocycles. The molecule has 2 atom stereocenters. The van der Waals surface area contributed by atoms with Crippen molar-refractivity contribution in [3.05, 3.63) is 35.4 Å². The summed E-state index contributed by atoms with van der Waals surface area (Å²) < 4.78 is 5.04. The number of carboxylic acid groups (broad SMARTS) is 1. The Morgan fingerprint density at radius 1 is 1.42 bits per heavy atom. The number of aryl methyl sites for hydroxylation is 1. The van der Waals surface area contributed by atoms with Gasteiger partial charge in [0, 0.05) is 26.3 Å². The Morgan fingerprint density at radius 2 is 2.16 bits per heavy atom. The number of carboxylic acids is 1. The van der Waals surface area contributed by atoms with Crippen LogP contribution in [0.5, 0.6) is 0 Å². The van der Waals surface area contributed by atoms with Crippen molar-refractivity contribution in [2.45, 2.75) is 25.3 Å². The van der Waals surface area contributed by atoms with Gasteiger partial charge in [-0.1, -0.05) is 24.3 Å². The number of benzene rings is 1. The first-order valence-corrected chi connectivity index (χ1v) is 6.74. The Labute approximate surface area is 113 Å². The summed E-state index contributed by atoms with van der Waals surface area (Å²) in [7, 11) is 1.72. The molecule has 4 nitrogen and oxygen atoms in total. The first-order valence-electron chi connectivity index (χ1n) is 6.74. The summed E-state index contributed by atoms with van der Waals surface area (Å²) in [5.41, 5.74) is 2.48. The van der Waals surface area contributed by atoms with Crippen molar-refractivity contribution in [1.82, 2.24) is 5.32 Å². The second kappa shape index (κ2) is 6.68. The molecule has 0 spiro atoms. The van der Waals surface area contributed by atoms with Gasteiger partial charge in [-0.25, -0.2) is 0 Å². The Hall–Kier alpha value is -1.39. The van der Waals surface area contributed by atoms with Crippen LogP contribution in [0.15, 0.2) is 24.3 Å². The number of rotatable bonds is 6. The van der Waals surface area contributed by atoms with Gasteiger partial charge < -0.3 is 15.2 Å². The van der Waals surface area contributed by atoms with Gasteiger partial charge in [0.1, 0.15) is 0 Å². The fourth-order valence-electron chi connectivity index (χ4n) is 2.52. The lowest BCUT2D eigenvalue weighted by molar-refractivity contribution is -0.141. The number of aliphatic carboxylic acids is 1. The minimum Gasteiger partial charge on any atom is -0.481 e. The third-order valence-electron chi connectivity index (χ3n) is 3.68. The topological polar surface area (TPSA) is 58.6 Å². The summed E-state index contributed by atoms with van der Waals surface area (Å²) >= 11 is 0. The first-order chi connectivity index (χ1) is 9.20. The zero-order valence-corrected chi connectivity index (χ0v) is 11.3. The average Bonchev–Trinajstić information content (AvgIpc) is 2.90. The summed E-state index contributed by atoms with van der Waals surface area (Å²) in [5.74, 6) is -0.961. The maximum absolute atomic E-state index is 10.9. The van der Waals surface area contributed by atoms with E-state index in [-0.39, 0.29) is 12.0 Å². The maximum Gasteiger partial charge on any atom is 0.307 e. The van der Waals surface area contributed by atoms with Gasteiger partial charge in [-0.3, -0.25) is 4.79 Å². The van der Waals surface area contributed by atoms with Gasteiger partial charge >= 0.3 is 5.97 Å². The Morgan fingerprint density at radius 3 is 2.74 bits per heavy atom. The van der Waals surface area contributed by atoms with Crippen molar-refractivity contribution in [2.75, 3.05) is 20.3 Å². The van der Waals surface area contributed by atoms with Crippen LogP contribution in [-0.4, -0.2) is 31.3 Å². The minimum absolute atomic E-state index is 0.175. The lowest BCUT2D eigenvalue weighted by Crippen LogP contribution is -2.17. The zero-order valence-electron chi connectivity index (χ0n) is 11.3. The van der Waals surface area contributed by atoms with Gasteiger partial charge in [0.2, 0.25) is 0 Å². The average molecular weight is 263 g/mol.